The molecule has 1 aliphatic heterocycles. The van der Waals surface area contributed by atoms with Gasteiger partial charge in [0.25, 0.3) is 0 Å². The number of aryl methyl sites for hydroxylation is 2. The maximum Gasteiger partial charge on any atom is 0.233 e. The molecule has 1 saturated heterocycles. The molecule has 2 aromatic rings. The van der Waals surface area contributed by atoms with E-state index in [1.54, 1.807) is 6.33 Å². The second kappa shape index (κ2) is 8.05. The van der Waals surface area contributed by atoms with E-state index in [2.05, 4.69) is 47.1 Å². The van der Waals surface area contributed by atoms with Crippen LogP contribution in [0.1, 0.15) is 49.7 Å². The predicted octanol–water partition coefficient (Wildman–Crippen LogP) is 4.16. The first-order chi connectivity index (χ1) is 13.1. The molecule has 6 heteroatoms. The molecule has 2 fully saturated rings. The summed E-state index contributed by atoms with van der Waals surface area (Å²) in [6, 6.07) is 6.83. The molecule has 2 heterocycles. The standard InChI is InChI=1S/C21H28N4OS/c1-15-9-10-16(2)19(12-15)25-14-22-23-21(25)27-13-20(26)24-11-5-7-17-6-3-4-8-18(17)24/h9-10,12,14,17-18H,3-8,11,13H2,1-2H3/t17-,18-/m0/s1. The lowest BCUT2D eigenvalue weighted by molar-refractivity contribution is -0.134. The van der Waals surface area contributed by atoms with Crippen LogP contribution in [-0.4, -0.2) is 43.9 Å². The predicted molar refractivity (Wildman–Crippen MR) is 108 cm³/mol. The lowest BCUT2D eigenvalue weighted by Gasteiger charge is -2.44. The van der Waals surface area contributed by atoms with E-state index in [1.165, 1.54) is 55.0 Å². The zero-order chi connectivity index (χ0) is 18.8. The zero-order valence-electron chi connectivity index (χ0n) is 16.2. The van der Waals surface area contributed by atoms with Crippen molar-refractivity contribution in [3.05, 3.63) is 35.7 Å². The van der Waals surface area contributed by atoms with Crippen molar-refractivity contribution < 1.29 is 4.79 Å². The van der Waals surface area contributed by atoms with E-state index in [0.29, 0.717) is 11.8 Å². The first-order valence-corrected chi connectivity index (χ1v) is 11.0. The van der Waals surface area contributed by atoms with E-state index in [1.807, 2.05) is 4.57 Å². The number of carbonyl (C=O) groups is 1. The van der Waals surface area contributed by atoms with Gasteiger partial charge in [-0.1, -0.05) is 36.7 Å². The summed E-state index contributed by atoms with van der Waals surface area (Å²) in [6.07, 6.45) is 9.25. The summed E-state index contributed by atoms with van der Waals surface area (Å²) in [5, 5.41) is 9.15. The van der Waals surface area contributed by atoms with Crippen molar-refractivity contribution in [1.29, 1.82) is 0 Å². The number of aromatic nitrogens is 3. The molecule has 1 aromatic carbocycles. The van der Waals surface area contributed by atoms with Gasteiger partial charge in [-0.05, 0) is 62.6 Å². The first kappa shape index (κ1) is 18.5. The fourth-order valence-corrected chi connectivity index (χ4v) is 5.42. The van der Waals surface area contributed by atoms with E-state index < -0.39 is 0 Å². The third-order valence-corrected chi connectivity index (χ3v) is 6.96. The highest BCUT2D eigenvalue weighted by atomic mass is 32.2. The number of piperidine rings is 1. The molecular weight excluding hydrogens is 356 g/mol. The second-order valence-electron chi connectivity index (χ2n) is 7.90. The molecule has 1 saturated carbocycles. The molecule has 2 aliphatic rings. The van der Waals surface area contributed by atoms with Crippen molar-refractivity contribution in [1.82, 2.24) is 19.7 Å². The summed E-state index contributed by atoms with van der Waals surface area (Å²) in [5.41, 5.74) is 3.46. The van der Waals surface area contributed by atoms with Crippen molar-refractivity contribution >= 4 is 17.7 Å². The number of hydrogen-bond donors (Lipinski definition) is 0. The van der Waals surface area contributed by atoms with Crippen LogP contribution in [0.3, 0.4) is 0 Å². The first-order valence-electron chi connectivity index (χ1n) is 10.0. The van der Waals surface area contributed by atoms with E-state index in [0.717, 1.165) is 29.7 Å². The Morgan fingerprint density at radius 3 is 2.89 bits per heavy atom. The third kappa shape index (κ3) is 3.91. The topological polar surface area (TPSA) is 51.0 Å². The van der Waals surface area contributed by atoms with Crippen molar-refractivity contribution in [3.63, 3.8) is 0 Å². The Bertz CT molecular complexity index is 816. The molecule has 1 amide bonds. The molecule has 144 valence electrons. The molecule has 0 N–H and O–H groups in total. The number of thioether (sulfide) groups is 1. The fraction of sp³-hybridized carbons (Fsp3) is 0.571. The van der Waals surface area contributed by atoms with Gasteiger partial charge >= 0.3 is 0 Å². The number of likely N-dealkylation sites (tertiary alicyclic amines) is 1. The maximum atomic E-state index is 13.0. The number of rotatable bonds is 4. The van der Waals surface area contributed by atoms with Crippen LogP contribution in [0, 0.1) is 19.8 Å². The van der Waals surface area contributed by atoms with E-state index in [9.17, 15) is 4.79 Å². The Labute approximate surface area is 165 Å². The minimum absolute atomic E-state index is 0.257. The molecule has 2 atom stereocenters. The summed E-state index contributed by atoms with van der Waals surface area (Å²) in [5.74, 6) is 1.42. The smallest absolute Gasteiger partial charge is 0.233 e. The van der Waals surface area contributed by atoms with Gasteiger partial charge in [0.1, 0.15) is 6.33 Å². The minimum atomic E-state index is 0.257. The number of amides is 1. The summed E-state index contributed by atoms with van der Waals surface area (Å²) in [4.78, 5) is 15.1. The van der Waals surface area contributed by atoms with Gasteiger partial charge in [0, 0.05) is 12.6 Å². The molecule has 1 aromatic heterocycles. The van der Waals surface area contributed by atoms with Crippen LogP contribution in [-0.2, 0) is 4.79 Å². The van der Waals surface area contributed by atoms with Gasteiger partial charge in [-0.2, -0.15) is 0 Å². The number of carbonyl (C=O) groups excluding carboxylic acids is 1. The Morgan fingerprint density at radius 1 is 1.19 bits per heavy atom. The van der Waals surface area contributed by atoms with Crippen molar-refractivity contribution in [3.8, 4) is 5.69 Å². The van der Waals surface area contributed by atoms with Crippen LogP contribution in [0.5, 0.6) is 0 Å². The van der Waals surface area contributed by atoms with E-state index in [4.69, 9.17) is 0 Å². The Hall–Kier alpha value is -1.82. The fourth-order valence-electron chi connectivity index (χ4n) is 4.61. The van der Waals surface area contributed by atoms with Gasteiger partial charge in [0.05, 0.1) is 11.4 Å². The number of fused-ring (bicyclic) bond motifs is 1. The molecule has 0 bridgehead atoms. The average Bonchev–Trinajstić information content (AvgIpc) is 3.16. The average molecular weight is 385 g/mol. The van der Waals surface area contributed by atoms with Crippen LogP contribution in [0.2, 0.25) is 0 Å². The third-order valence-electron chi connectivity index (χ3n) is 6.03. The normalized spacial score (nSPS) is 22.5. The Balaban J connectivity index is 1.46. The molecule has 0 unspecified atom stereocenters. The molecule has 5 nitrogen and oxygen atoms in total. The zero-order valence-corrected chi connectivity index (χ0v) is 17.0. The van der Waals surface area contributed by atoms with Crippen molar-refractivity contribution in [2.75, 3.05) is 12.3 Å². The van der Waals surface area contributed by atoms with Gasteiger partial charge in [-0.3, -0.25) is 9.36 Å². The van der Waals surface area contributed by atoms with Crippen molar-refractivity contribution in [2.24, 2.45) is 5.92 Å². The summed E-state index contributed by atoms with van der Waals surface area (Å²) in [6.45, 7) is 5.09. The van der Waals surface area contributed by atoms with Gasteiger partial charge < -0.3 is 4.90 Å². The Kier molecular flexibility index (Phi) is 5.53. The van der Waals surface area contributed by atoms with E-state index in [-0.39, 0.29) is 5.91 Å². The summed E-state index contributed by atoms with van der Waals surface area (Å²) >= 11 is 1.50. The highest BCUT2D eigenvalue weighted by Crippen LogP contribution is 2.35. The number of nitrogens with zero attached hydrogens (tertiary/aromatic N) is 4. The van der Waals surface area contributed by atoms with Gasteiger partial charge in [0.2, 0.25) is 5.91 Å². The molecule has 4 rings (SSSR count). The van der Waals surface area contributed by atoms with Gasteiger partial charge in [-0.15, -0.1) is 10.2 Å². The largest absolute Gasteiger partial charge is 0.339 e. The number of benzene rings is 1. The quantitative estimate of drug-likeness (QED) is 0.743. The Morgan fingerprint density at radius 2 is 2.00 bits per heavy atom. The van der Waals surface area contributed by atoms with Crippen LogP contribution < -0.4 is 0 Å². The van der Waals surface area contributed by atoms with Crippen LogP contribution >= 0.6 is 11.8 Å². The molecular formula is C21H28N4OS. The van der Waals surface area contributed by atoms with Gasteiger partial charge in [-0.25, -0.2) is 0 Å². The van der Waals surface area contributed by atoms with Crippen LogP contribution in [0.4, 0.5) is 0 Å². The van der Waals surface area contributed by atoms with E-state index >= 15 is 0 Å². The van der Waals surface area contributed by atoms with Crippen LogP contribution in [0.25, 0.3) is 5.69 Å². The van der Waals surface area contributed by atoms with Gasteiger partial charge in [0.15, 0.2) is 5.16 Å². The lowest BCUT2D eigenvalue weighted by atomic mass is 9.78. The SMILES string of the molecule is Cc1ccc(C)c(-n2cnnc2SCC(=O)N2CCC[C@@H]3CCCC[C@@H]32)c1. The highest BCUT2D eigenvalue weighted by Gasteiger charge is 2.35. The highest BCUT2D eigenvalue weighted by molar-refractivity contribution is 7.99. The summed E-state index contributed by atoms with van der Waals surface area (Å²) in [7, 11) is 0. The number of hydrogen-bond acceptors (Lipinski definition) is 4. The minimum Gasteiger partial charge on any atom is -0.339 e. The van der Waals surface area contributed by atoms with Crippen LogP contribution in [0.15, 0.2) is 29.7 Å². The lowest BCUT2D eigenvalue weighted by Crippen LogP contribution is -2.50. The molecule has 1 aliphatic carbocycles. The second-order valence-corrected chi connectivity index (χ2v) is 8.85. The summed E-state index contributed by atoms with van der Waals surface area (Å²) < 4.78 is 2.00. The molecule has 0 spiro atoms. The monoisotopic (exact) mass is 384 g/mol. The maximum absolute atomic E-state index is 13.0. The molecule has 0 radical (unpaired) electrons. The molecule has 27 heavy (non-hydrogen) atoms. The van der Waals surface area contributed by atoms with Crippen molar-refractivity contribution in [2.45, 2.75) is 63.6 Å².